The summed E-state index contributed by atoms with van der Waals surface area (Å²) in [6, 6.07) is 0. The van der Waals surface area contributed by atoms with Gasteiger partial charge in [0.15, 0.2) is 5.54 Å². The maximum atomic E-state index is 12.5. The Bertz CT molecular complexity index is 371. The van der Waals surface area contributed by atoms with Crippen molar-refractivity contribution < 1.29 is 18.7 Å². The van der Waals surface area contributed by atoms with Gasteiger partial charge in [-0.15, -0.1) is 0 Å². The Balaban J connectivity index is 2.95. The van der Waals surface area contributed by atoms with Crippen molar-refractivity contribution in [1.29, 1.82) is 0 Å². The summed E-state index contributed by atoms with van der Waals surface area (Å²) in [6.07, 6.45) is -0.863. The van der Waals surface area contributed by atoms with Crippen LogP contribution in [0.5, 0.6) is 0 Å². The van der Waals surface area contributed by atoms with E-state index in [-0.39, 0.29) is 5.15 Å². The Labute approximate surface area is 88.5 Å². The van der Waals surface area contributed by atoms with Crippen LogP contribution in [-0.4, -0.2) is 32.6 Å². The maximum Gasteiger partial charge on any atom is 0.331 e. The Hall–Kier alpha value is -1.21. The number of nitrogens with two attached hydrogens (primary N) is 1. The lowest BCUT2D eigenvalue weighted by molar-refractivity contribution is -0.150. The van der Waals surface area contributed by atoms with Crippen molar-refractivity contribution in [3.8, 4) is 0 Å². The highest BCUT2D eigenvalue weighted by atomic mass is 35.5. The molecular formula is C7H8ClF2N3O2. The molecular weight excluding hydrogens is 232 g/mol. The van der Waals surface area contributed by atoms with Crippen molar-refractivity contribution in [2.45, 2.75) is 18.5 Å². The average molecular weight is 240 g/mol. The van der Waals surface area contributed by atoms with Crippen molar-refractivity contribution in [2.24, 2.45) is 5.73 Å². The number of nitrogens with zero attached hydrogens (tertiary/aromatic N) is 2. The summed E-state index contributed by atoms with van der Waals surface area (Å²) in [5.41, 5.74) is 2.42. The third-order valence-electron chi connectivity index (χ3n) is 1.88. The number of alkyl halides is 2. The molecule has 3 N–H and O–H groups in total. The molecule has 1 heterocycles. The van der Waals surface area contributed by atoms with Gasteiger partial charge in [0.25, 0.3) is 6.43 Å². The van der Waals surface area contributed by atoms with Gasteiger partial charge in [-0.2, -0.15) is 0 Å². The SMILES string of the molecule is NC(Cn1cncc1Cl)(C(=O)O)C(F)F. The van der Waals surface area contributed by atoms with E-state index >= 15 is 0 Å². The van der Waals surface area contributed by atoms with Crippen LogP contribution in [0.25, 0.3) is 0 Å². The molecule has 0 radical (unpaired) electrons. The summed E-state index contributed by atoms with van der Waals surface area (Å²) >= 11 is 5.56. The van der Waals surface area contributed by atoms with E-state index in [1.54, 1.807) is 0 Å². The smallest absolute Gasteiger partial charge is 0.331 e. The highest BCUT2D eigenvalue weighted by molar-refractivity contribution is 6.29. The fourth-order valence-electron chi connectivity index (χ4n) is 0.933. The molecule has 1 aromatic heterocycles. The van der Waals surface area contributed by atoms with Crippen molar-refractivity contribution in [3.05, 3.63) is 17.7 Å². The zero-order chi connectivity index (χ0) is 11.6. The molecule has 0 aliphatic rings. The molecule has 1 unspecified atom stereocenters. The number of imidazole rings is 1. The molecule has 0 amide bonds. The number of carboxylic acid groups (broad SMARTS) is 1. The van der Waals surface area contributed by atoms with Crippen LogP contribution in [0.15, 0.2) is 12.5 Å². The van der Waals surface area contributed by atoms with Gasteiger partial charge in [0, 0.05) is 0 Å². The standard InChI is InChI=1S/C7H8ClF2N3O2/c8-4-1-12-3-13(4)2-7(11,5(9)10)6(14)15/h1,3,5H,2,11H2,(H,14,15). The molecule has 8 heteroatoms. The summed E-state index contributed by atoms with van der Waals surface area (Å²) in [7, 11) is 0. The number of rotatable bonds is 4. The van der Waals surface area contributed by atoms with Gasteiger partial charge < -0.3 is 15.4 Å². The highest BCUT2D eigenvalue weighted by Crippen LogP contribution is 2.18. The van der Waals surface area contributed by atoms with Crippen LogP contribution < -0.4 is 5.73 Å². The lowest BCUT2D eigenvalue weighted by Gasteiger charge is -2.24. The van der Waals surface area contributed by atoms with E-state index in [1.807, 2.05) is 0 Å². The van der Waals surface area contributed by atoms with Crippen molar-refractivity contribution in [2.75, 3.05) is 0 Å². The van der Waals surface area contributed by atoms with E-state index < -0.39 is 24.5 Å². The Morgan fingerprint density at radius 3 is 2.73 bits per heavy atom. The average Bonchev–Trinajstić information content (AvgIpc) is 2.51. The molecule has 84 valence electrons. The second-order valence-corrected chi connectivity index (χ2v) is 3.38. The molecule has 1 rings (SSSR count). The van der Waals surface area contributed by atoms with Crippen LogP contribution in [0.3, 0.4) is 0 Å². The number of carboxylic acids is 1. The molecule has 0 aliphatic carbocycles. The Morgan fingerprint density at radius 1 is 1.80 bits per heavy atom. The largest absolute Gasteiger partial charge is 0.480 e. The van der Waals surface area contributed by atoms with Crippen LogP contribution in [0.2, 0.25) is 5.15 Å². The first-order chi connectivity index (χ1) is 6.88. The van der Waals surface area contributed by atoms with Crippen LogP contribution >= 0.6 is 11.6 Å². The van der Waals surface area contributed by atoms with Crippen LogP contribution in [0.1, 0.15) is 0 Å². The predicted molar refractivity (Wildman–Crippen MR) is 47.8 cm³/mol. The van der Waals surface area contributed by atoms with Gasteiger partial charge in [-0.25, -0.2) is 18.6 Å². The molecule has 0 aliphatic heterocycles. The second kappa shape index (κ2) is 4.11. The first kappa shape index (κ1) is 11.9. The number of hydrogen-bond donors (Lipinski definition) is 2. The third kappa shape index (κ3) is 2.24. The van der Waals surface area contributed by atoms with Crippen LogP contribution in [0, 0.1) is 0 Å². The normalized spacial score (nSPS) is 15.3. The first-order valence-corrected chi connectivity index (χ1v) is 4.22. The van der Waals surface area contributed by atoms with Crippen LogP contribution in [-0.2, 0) is 11.3 Å². The lowest BCUT2D eigenvalue weighted by Crippen LogP contribution is -2.57. The van der Waals surface area contributed by atoms with E-state index in [2.05, 4.69) is 4.98 Å². The molecule has 0 aromatic carbocycles. The lowest BCUT2D eigenvalue weighted by atomic mass is 10.0. The summed E-state index contributed by atoms with van der Waals surface area (Å²) in [6.45, 7) is -0.640. The molecule has 5 nitrogen and oxygen atoms in total. The fourth-order valence-corrected chi connectivity index (χ4v) is 1.09. The van der Waals surface area contributed by atoms with E-state index in [0.717, 1.165) is 10.9 Å². The third-order valence-corrected chi connectivity index (χ3v) is 2.20. The molecule has 0 saturated heterocycles. The number of aliphatic carboxylic acids is 1. The van der Waals surface area contributed by atoms with Crippen molar-refractivity contribution in [1.82, 2.24) is 9.55 Å². The van der Waals surface area contributed by atoms with E-state index in [4.69, 9.17) is 22.4 Å². The first-order valence-electron chi connectivity index (χ1n) is 3.84. The van der Waals surface area contributed by atoms with Gasteiger partial charge in [0.1, 0.15) is 5.15 Å². The second-order valence-electron chi connectivity index (χ2n) is 2.99. The van der Waals surface area contributed by atoms with Gasteiger partial charge in [-0.3, -0.25) is 0 Å². The molecule has 0 spiro atoms. The summed E-state index contributed by atoms with van der Waals surface area (Å²) in [5, 5.41) is 8.66. The van der Waals surface area contributed by atoms with Gasteiger partial charge in [-0.05, 0) is 0 Å². The van der Waals surface area contributed by atoms with E-state index in [0.29, 0.717) is 0 Å². The molecule has 1 aromatic rings. The van der Waals surface area contributed by atoms with Crippen molar-refractivity contribution >= 4 is 17.6 Å². The van der Waals surface area contributed by atoms with Crippen LogP contribution in [0.4, 0.5) is 8.78 Å². The summed E-state index contributed by atoms with van der Waals surface area (Å²) < 4.78 is 26.0. The number of carbonyl (C=O) groups is 1. The predicted octanol–water partition coefficient (Wildman–Crippen LogP) is 0.584. The molecule has 0 saturated carbocycles. The van der Waals surface area contributed by atoms with E-state index in [9.17, 15) is 13.6 Å². The van der Waals surface area contributed by atoms with Gasteiger partial charge in [0.05, 0.1) is 19.1 Å². The van der Waals surface area contributed by atoms with E-state index in [1.165, 1.54) is 6.20 Å². The minimum Gasteiger partial charge on any atom is -0.480 e. The van der Waals surface area contributed by atoms with Gasteiger partial charge in [-0.1, -0.05) is 11.6 Å². The minimum absolute atomic E-state index is 0.0479. The number of hydrogen-bond acceptors (Lipinski definition) is 3. The molecule has 1 atom stereocenters. The highest BCUT2D eigenvalue weighted by Gasteiger charge is 2.44. The Kier molecular flexibility index (Phi) is 3.25. The Morgan fingerprint density at radius 2 is 2.40 bits per heavy atom. The quantitative estimate of drug-likeness (QED) is 0.806. The maximum absolute atomic E-state index is 12.5. The van der Waals surface area contributed by atoms with Gasteiger partial charge >= 0.3 is 5.97 Å². The summed E-state index contributed by atoms with van der Waals surface area (Å²) in [5.74, 6) is -1.79. The zero-order valence-corrected chi connectivity index (χ0v) is 8.16. The molecule has 15 heavy (non-hydrogen) atoms. The monoisotopic (exact) mass is 239 g/mol. The van der Waals surface area contributed by atoms with Crippen molar-refractivity contribution in [3.63, 3.8) is 0 Å². The number of aromatic nitrogens is 2. The zero-order valence-electron chi connectivity index (χ0n) is 7.40. The summed E-state index contributed by atoms with van der Waals surface area (Å²) in [4.78, 5) is 14.2. The number of halogens is 3. The minimum atomic E-state index is -3.20. The fraction of sp³-hybridized carbons (Fsp3) is 0.429. The molecule has 0 fully saturated rings. The molecule has 0 bridgehead atoms. The topological polar surface area (TPSA) is 81.1 Å². The van der Waals surface area contributed by atoms with Gasteiger partial charge in [0.2, 0.25) is 0 Å².